The van der Waals surface area contributed by atoms with Gasteiger partial charge >= 0.3 is 0 Å². The molecule has 0 radical (unpaired) electrons. The fraction of sp³-hybridized carbons (Fsp3) is 0.263. The minimum Gasteiger partial charge on any atom is -0.493 e. The summed E-state index contributed by atoms with van der Waals surface area (Å²) in [6.45, 7) is 4.60. The van der Waals surface area contributed by atoms with Gasteiger partial charge in [0.2, 0.25) is 11.8 Å². The molecule has 25 heavy (non-hydrogen) atoms. The fourth-order valence-electron chi connectivity index (χ4n) is 2.59. The van der Waals surface area contributed by atoms with E-state index in [1.807, 2.05) is 18.2 Å². The first-order valence-electron chi connectivity index (χ1n) is 7.96. The lowest BCUT2D eigenvalue weighted by Crippen LogP contribution is -2.01. The van der Waals surface area contributed by atoms with Crippen LogP contribution in [-0.2, 0) is 6.54 Å². The number of hydrogen-bond donors (Lipinski definition) is 1. The van der Waals surface area contributed by atoms with Crippen molar-refractivity contribution < 1.29 is 13.9 Å². The summed E-state index contributed by atoms with van der Waals surface area (Å²) in [5.41, 5.74) is 4.25. The second kappa shape index (κ2) is 7.25. The van der Waals surface area contributed by atoms with Crippen LogP contribution in [0.15, 0.2) is 40.8 Å². The Morgan fingerprint density at radius 2 is 1.76 bits per heavy atom. The third-order valence-electron chi connectivity index (χ3n) is 3.91. The number of benzene rings is 2. The average Bonchev–Trinajstić information content (AvgIpc) is 3.09. The number of hydrogen-bond acceptors (Lipinski definition) is 6. The molecule has 0 saturated heterocycles. The van der Waals surface area contributed by atoms with Gasteiger partial charge < -0.3 is 19.2 Å². The van der Waals surface area contributed by atoms with Gasteiger partial charge in [-0.1, -0.05) is 17.7 Å². The first-order valence-corrected chi connectivity index (χ1v) is 7.96. The van der Waals surface area contributed by atoms with Gasteiger partial charge in [-0.3, -0.25) is 0 Å². The Labute approximate surface area is 146 Å². The summed E-state index contributed by atoms with van der Waals surface area (Å²) in [6, 6.07) is 11.7. The number of anilines is 1. The lowest BCUT2D eigenvalue weighted by molar-refractivity contribution is 0.355. The van der Waals surface area contributed by atoms with Crippen LogP contribution in [0.1, 0.15) is 17.0 Å². The highest BCUT2D eigenvalue weighted by molar-refractivity contribution is 5.59. The smallest absolute Gasteiger partial charge is 0.247 e. The van der Waals surface area contributed by atoms with Crippen LogP contribution in [0.3, 0.4) is 0 Å². The minimum atomic E-state index is 0.443. The normalized spacial score (nSPS) is 10.6. The van der Waals surface area contributed by atoms with E-state index in [1.165, 1.54) is 11.1 Å². The van der Waals surface area contributed by atoms with Crippen molar-refractivity contribution >= 4 is 5.69 Å². The molecular weight excluding hydrogens is 318 g/mol. The summed E-state index contributed by atoms with van der Waals surface area (Å²) in [5, 5.41) is 11.5. The van der Waals surface area contributed by atoms with E-state index >= 15 is 0 Å². The first kappa shape index (κ1) is 16.8. The Balaban J connectivity index is 1.74. The number of methoxy groups -OCH3 is 2. The number of nitrogens with one attached hydrogen (secondary N) is 1. The van der Waals surface area contributed by atoms with Gasteiger partial charge in [0.1, 0.15) is 0 Å². The monoisotopic (exact) mass is 339 g/mol. The van der Waals surface area contributed by atoms with Crippen LogP contribution in [0.5, 0.6) is 11.5 Å². The van der Waals surface area contributed by atoms with Crippen molar-refractivity contribution in [3.05, 3.63) is 53.4 Å². The molecule has 1 N–H and O–H groups in total. The van der Waals surface area contributed by atoms with E-state index in [1.54, 1.807) is 14.2 Å². The maximum absolute atomic E-state index is 5.75. The molecule has 1 heterocycles. The van der Waals surface area contributed by atoms with Gasteiger partial charge in [0.25, 0.3) is 0 Å². The molecule has 0 saturated carbocycles. The summed E-state index contributed by atoms with van der Waals surface area (Å²) in [4.78, 5) is 0. The second-order valence-electron chi connectivity index (χ2n) is 5.74. The standard InChI is InChI=1S/C19H21N3O3/c1-12-5-7-15(13(2)9-12)20-11-18-21-22-19(25-18)14-6-8-16(23-3)17(10-14)24-4/h5-10,20H,11H2,1-4H3. The summed E-state index contributed by atoms with van der Waals surface area (Å²) >= 11 is 0. The van der Waals surface area contributed by atoms with Crippen LogP contribution >= 0.6 is 0 Å². The topological polar surface area (TPSA) is 69.4 Å². The zero-order valence-electron chi connectivity index (χ0n) is 14.8. The Morgan fingerprint density at radius 3 is 2.48 bits per heavy atom. The van der Waals surface area contributed by atoms with Crippen molar-refractivity contribution in [2.75, 3.05) is 19.5 Å². The van der Waals surface area contributed by atoms with E-state index in [9.17, 15) is 0 Å². The molecule has 0 aliphatic heterocycles. The number of nitrogens with zero attached hydrogens (tertiary/aromatic N) is 2. The van der Waals surface area contributed by atoms with E-state index in [4.69, 9.17) is 13.9 Å². The molecule has 0 aliphatic carbocycles. The molecule has 2 aromatic carbocycles. The summed E-state index contributed by atoms with van der Waals surface area (Å²) < 4.78 is 16.3. The Bertz CT molecular complexity index is 874. The van der Waals surface area contributed by atoms with Gasteiger partial charge in [0, 0.05) is 11.3 Å². The predicted octanol–water partition coefficient (Wildman–Crippen LogP) is 3.98. The molecule has 0 bridgehead atoms. The van der Waals surface area contributed by atoms with Crippen LogP contribution in [0.25, 0.3) is 11.5 Å². The van der Waals surface area contributed by atoms with Crippen LogP contribution in [-0.4, -0.2) is 24.4 Å². The highest BCUT2D eigenvalue weighted by Gasteiger charge is 2.12. The van der Waals surface area contributed by atoms with Gasteiger partial charge in [-0.25, -0.2) is 0 Å². The second-order valence-corrected chi connectivity index (χ2v) is 5.74. The third kappa shape index (κ3) is 3.74. The van der Waals surface area contributed by atoms with Gasteiger partial charge in [-0.05, 0) is 43.7 Å². The largest absolute Gasteiger partial charge is 0.493 e. The van der Waals surface area contributed by atoms with E-state index in [0.29, 0.717) is 29.8 Å². The number of aromatic nitrogens is 2. The van der Waals surface area contributed by atoms with E-state index in [0.717, 1.165) is 11.3 Å². The molecule has 6 nitrogen and oxygen atoms in total. The average molecular weight is 339 g/mol. The van der Waals surface area contributed by atoms with Crippen LogP contribution in [0.2, 0.25) is 0 Å². The molecule has 0 spiro atoms. The molecule has 0 atom stereocenters. The summed E-state index contributed by atoms with van der Waals surface area (Å²) in [6.07, 6.45) is 0. The molecule has 3 aromatic rings. The molecular formula is C19H21N3O3. The zero-order chi connectivity index (χ0) is 17.8. The van der Waals surface area contributed by atoms with E-state index in [-0.39, 0.29) is 0 Å². The molecule has 130 valence electrons. The summed E-state index contributed by atoms with van der Waals surface area (Å²) in [5.74, 6) is 2.23. The van der Waals surface area contributed by atoms with Gasteiger partial charge in [-0.2, -0.15) is 0 Å². The van der Waals surface area contributed by atoms with Crippen molar-refractivity contribution in [3.8, 4) is 23.0 Å². The number of rotatable bonds is 6. The van der Waals surface area contributed by atoms with Crippen molar-refractivity contribution in [1.82, 2.24) is 10.2 Å². The van der Waals surface area contributed by atoms with Crippen LogP contribution < -0.4 is 14.8 Å². The van der Waals surface area contributed by atoms with Gasteiger partial charge in [0.05, 0.1) is 20.8 Å². The minimum absolute atomic E-state index is 0.443. The van der Waals surface area contributed by atoms with Gasteiger partial charge in [-0.15, -0.1) is 10.2 Å². The van der Waals surface area contributed by atoms with Crippen LogP contribution in [0.4, 0.5) is 5.69 Å². The SMILES string of the molecule is COc1ccc(-c2nnc(CNc3ccc(C)cc3C)o2)cc1OC. The Kier molecular flexibility index (Phi) is 4.88. The lowest BCUT2D eigenvalue weighted by Gasteiger charge is -2.08. The van der Waals surface area contributed by atoms with Gasteiger partial charge in [0.15, 0.2) is 11.5 Å². The van der Waals surface area contributed by atoms with Crippen molar-refractivity contribution in [2.45, 2.75) is 20.4 Å². The van der Waals surface area contributed by atoms with E-state index in [2.05, 4.69) is 47.6 Å². The van der Waals surface area contributed by atoms with Crippen molar-refractivity contribution in [3.63, 3.8) is 0 Å². The quantitative estimate of drug-likeness (QED) is 0.732. The molecule has 0 amide bonds. The zero-order valence-corrected chi connectivity index (χ0v) is 14.8. The summed E-state index contributed by atoms with van der Waals surface area (Å²) in [7, 11) is 3.19. The van der Waals surface area contributed by atoms with Crippen LogP contribution in [0, 0.1) is 13.8 Å². The number of aryl methyl sites for hydroxylation is 2. The molecule has 6 heteroatoms. The molecule has 0 unspecified atom stereocenters. The molecule has 0 aliphatic rings. The predicted molar refractivity (Wildman–Crippen MR) is 96.1 cm³/mol. The maximum atomic E-state index is 5.75. The number of ether oxygens (including phenoxy) is 2. The Morgan fingerprint density at radius 1 is 0.960 bits per heavy atom. The lowest BCUT2D eigenvalue weighted by atomic mass is 10.1. The van der Waals surface area contributed by atoms with Crippen molar-refractivity contribution in [1.29, 1.82) is 0 Å². The van der Waals surface area contributed by atoms with E-state index < -0.39 is 0 Å². The maximum Gasteiger partial charge on any atom is 0.247 e. The molecule has 3 rings (SSSR count). The molecule has 0 fully saturated rings. The van der Waals surface area contributed by atoms with Crippen molar-refractivity contribution in [2.24, 2.45) is 0 Å². The Hall–Kier alpha value is -3.02. The highest BCUT2D eigenvalue weighted by Crippen LogP contribution is 2.31. The third-order valence-corrected chi connectivity index (χ3v) is 3.91. The molecule has 1 aromatic heterocycles. The highest BCUT2D eigenvalue weighted by atomic mass is 16.5. The fourth-order valence-corrected chi connectivity index (χ4v) is 2.59. The first-order chi connectivity index (χ1) is 12.1.